The fourth-order valence-corrected chi connectivity index (χ4v) is 3.71. The van der Waals surface area contributed by atoms with E-state index in [1.54, 1.807) is 39.1 Å². The van der Waals surface area contributed by atoms with Crippen LogP contribution in [0.15, 0.2) is 30.5 Å². The first-order valence-corrected chi connectivity index (χ1v) is 9.33. The molecule has 7 nitrogen and oxygen atoms in total. The number of esters is 1. The fraction of sp³-hybridized carbons (Fsp3) is 0.350. The maximum Gasteiger partial charge on any atom is 0.407 e. The van der Waals surface area contributed by atoms with Crippen LogP contribution in [-0.2, 0) is 9.47 Å². The highest BCUT2D eigenvalue weighted by atomic mass is 32.1. The van der Waals surface area contributed by atoms with Crippen molar-refractivity contribution >= 4 is 50.1 Å². The van der Waals surface area contributed by atoms with Crippen LogP contribution >= 0.6 is 11.3 Å². The smallest absolute Gasteiger partial charge is 0.407 e. The Hall–Kier alpha value is -2.87. The number of hydrogen-bond acceptors (Lipinski definition) is 7. The van der Waals surface area contributed by atoms with Crippen molar-refractivity contribution in [1.82, 2.24) is 10.3 Å². The van der Waals surface area contributed by atoms with Crippen LogP contribution in [0.25, 0.3) is 21.0 Å². The Morgan fingerprint density at radius 1 is 1.29 bits per heavy atom. The van der Waals surface area contributed by atoms with Gasteiger partial charge in [0, 0.05) is 34.7 Å². The number of nitrogens with one attached hydrogen (secondary N) is 2. The SMILES string of the molecule is [2H]C(NC(=O)OC(C)(C)C)C([2H])([2H])Nc1c(C(=O)OC)sc2ccc3ncccc3c12. The molecule has 0 spiro atoms. The second-order valence-corrected chi connectivity index (χ2v) is 7.92. The molecule has 1 atom stereocenters. The molecule has 3 aromatic rings. The number of nitrogens with zero attached hydrogens (tertiary/aromatic N) is 1. The van der Waals surface area contributed by atoms with Crippen molar-refractivity contribution in [2.45, 2.75) is 26.4 Å². The van der Waals surface area contributed by atoms with Gasteiger partial charge in [-0.1, -0.05) is 6.07 Å². The van der Waals surface area contributed by atoms with Crippen molar-refractivity contribution < 1.29 is 23.2 Å². The molecule has 1 unspecified atom stereocenters. The standard InChI is InChI=1S/C20H23N3O4S/c1-20(2,3)27-19(25)23-11-10-22-16-15-12-6-5-9-21-13(12)7-8-14(15)28-17(16)18(24)26-4/h5-9,22H,10-11H2,1-4H3,(H,23,25)/i10D2,11D. The molecule has 0 aliphatic heterocycles. The van der Waals surface area contributed by atoms with Gasteiger partial charge in [0.05, 0.1) is 22.4 Å². The van der Waals surface area contributed by atoms with Crippen LogP contribution < -0.4 is 10.6 Å². The topological polar surface area (TPSA) is 89.6 Å². The molecule has 3 rings (SSSR count). The van der Waals surface area contributed by atoms with Gasteiger partial charge in [-0.05, 0) is 39.0 Å². The van der Waals surface area contributed by atoms with Gasteiger partial charge >= 0.3 is 12.1 Å². The number of amides is 1. The minimum atomic E-state index is -2.45. The van der Waals surface area contributed by atoms with Crippen LogP contribution in [0.1, 0.15) is 34.6 Å². The highest BCUT2D eigenvalue weighted by molar-refractivity contribution is 7.21. The monoisotopic (exact) mass is 404 g/mol. The van der Waals surface area contributed by atoms with Gasteiger partial charge in [-0.25, -0.2) is 9.59 Å². The predicted octanol–water partition coefficient (Wildman–Crippen LogP) is 4.17. The molecule has 0 radical (unpaired) electrons. The van der Waals surface area contributed by atoms with Crippen molar-refractivity contribution in [2.24, 2.45) is 0 Å². The molecule has 1 amide bonds. The number of methoxy groups -OCH3 is 1. The van der Waals surface area contributed by atoms with Crippen LogP contribution in [-0.4, -0.2) is 42.8 Å². The van der Waals surface area contributed by atoms with E-state index in [1.165, 1.54) is 7.11 Å². The Morgan fingerprint density at radius 2 is 2.07 bits per heavy atom. The lowest BCUT2D eigenvalue weighted by Gasteiger charge is -2.19. The molecule has 0 saturated heterocycles. The number of aromatic nitrogens is 1. The third-order valence-corrected chi connectivity index (χ3v) is 4.80. The van der Waals surface area contributed by atoms with Crippen molar-refractivity contribution in [3.63, 3.8) is 0 Å². The molecular formula is C20H23N3O4S. The van der Waals surface area contributed by atoms with Gasteiger partial charge in [0.15, 0.2) is 0 Å². The average Bonchev–Trinajstić information content (AvgIpc) is 3.04. The van der Waals surface area contributed by atoms with Gasteiger partial charge in [0.1, 0.15) is 10.5 Å². The van der Waals surface area contributed by atoms with Gasteiger partial charge in [0.2, 0.25) is 0 Å². The lowest BCUT2D eigenvalue weighted by atomic mass is 10.1. The van der Waals surface area contributed by atoms with E-state index in [4.69, 9.17) is 13.6 Å². The molecule has 0 saturated carbocycles. The van der Waals surface area contributed by atoms with Crippen molar-refractivity contribution in [1.29, 1.82) is 0 Å². The van der Waals surface area contributed by atoms with Crippen LogP contribution in [0.5, 0.6) is 0 Å². The van der Waals surface area contributed by atoms with Crippen molar-refractivity contribution in [3.8, 4) is 0 Å². The Bertz CT molecular complexity index is 1140. The zero-order chi connectivity index (χ0) is 23.0. The second-order valence-electron chi connectivity index (χ2n) is 6.87. The van der Waals surface area contributed by atoms with Crippen LogP contribution in [0.3, 0.4) is 0 Å². The number of alkyl carbamates (subject to hydrolysis) is 1. The fourth-order valence-electron chi connectivity index (χ4n) is 2.62. The summed E-state index contributed by atoms with van der Waals surface area (Å²) in [5.74, 6) is -0.641. The molecule has 8 heteroatoms. The van der Waals surface area contributed by atoms with E-state index < -0.39 is 30.7 Å². The summed E-state index contributed by atoms with van der Waals surface area (Å²) in [5.41, 5.74) is 0.0538. The molecule has 0 aliphatic carbocycles. The minimum absolute atomic E-state index is 0.155. The molecule has 0 fully saturated rings. The molecule has 2 N–H and O–H groups in total. The van der Waals surface area contributed by atoms with Gasteiger partial charge < -0.3 is 20.1 Å². The highest BCUT2D eigenvalue weighted by Gasteiger charge is 2.21. The average molecular weight is 405 g/mol. The van der Waals surface area contributed by atoms with E-state index in [0.717, 1.165) is 16.0 Å². The summed E-state index contributed by atoms with van der Waals surface area (Å²) >= 11 is 1.14. The van der Waals surface area contributed by atoms with Crippen LogP contribution in [0.4, 0.5) is 10.5 Å². The third kappa shape index (κ3) is 4.33. The predicted molar refractivity (Wildman–Crippen MR) is 111 cm³/mol. The van der Waals surface area contributed by atoms with Crippen molar-refractivity contribution in [3.05, 3.63) is 35.3 Å². The van der Waals surface area contributed by atoms with E-state index in [2.05, 4.69) is 15.6 Å². The molecule has 28 heavy (non-hydrogen) atoms. The van der Waals surface area contributed by atoms with E-state index >= 15 is 0 Å². The van der Waals surface area contributed by atoms with Crippen LogP contribution in [0, 0.1) is 0 Å². The summed E-state index contributed by atoms with van der Waals surface area (Å²) in [5, 5.41) is 6.12. The number of anilines is 1. The summed E-state index contributed by atoms with van der Waals surface area (Å²) < 4.78 is 35.5. The summed E-state index contributed by atoms with van der Waals surface area (Å²) in [4.78, 5) is 28.9. The highest BCUT2D eigenvalue weighted by Crippen LogP contribution is 2.40. The number of carbonyl (C=O) groups is 2. The lowest BCUT2D eigenvalue weighted by Crippen LogP contribution is -2.35. The molecule has 1 aromatic carbocycles. The molecule has 148 valence electrons. The number of pyridine rings is 1. The Kier molecular flexibility index (Phi) is 4.61. The number of benzene rings is 1. The first kappa shape index (κ1) is 16.1. The number of carbonyl (C=O) groups excluding carboxylic acids is 2. The van der Waals surface area contributed by atoms with E-state index in [0.29, 0.717) is 16.3 Å². The molecule has 2 heterocycles. The Morgan fingerprint density at radius 3 is 2.79 bits per heavy atom. The lowest BCUT2D eigenvalue weighted by molar-refractivity contribution is 0.0528. The number of fused-ring (bicyclic) bond motifs is 3. The molecule has 2 aromatic heterocycles. The van der Waals surface area contributed by atoms with E-state index in [9.17, 15) is 9.59 Å². The maximum atomic E-state index is 12.4. The normalized spacial score (nSPS) is 14.6. The number of hydrogen-bond donors (Lipinski definition) is 2. The zero-order valence-electron chi connectivity index (χ0n) is 19.0. The summed E-state index contributed by atoms with van der Waals surface area (Å²) in [6.45, 7) is 0.821. The third-order valence-electron chi connectivity index (χ3n) is 3.66. The van der Waals surface area contributed by atoms with Gasteiger partial charge in [0.25, 0.3) is 0 Å². The van der Waals surface area contributed by atoms with Gasteiger partial charge in [-0.3, -0.25) is 4.98 Å². The summed E-state index contributed by atoms with van der Waals surface area (Å²) in [7, 11) is 1.24. The zero-order valence-corrected chi connectivity index (χ0v) is 16.8. The quantitative estimate of drug-likeness (QED) is 0.620. The number of rotatable bonds is 5. The van der Waals surface area contributed by atoms with Gasteiger partial charge in [-0.15, -0.1) is 11.3 Å². The van der Waals surface area contributed by atoms with E-state index in [1.807, 2.05) is 12.1 Å². The van der Waals surface area contributed by atoms with E-state index in [-0.39, 0.29) is 10.6 Å². The second kappa shape index (κ2) is 8.02. The Labute approximate surface area is 171 Å². The number of ether oxygens (including phenoxy) is 2. The minimum Gasteiger partial charge on any atom is -0.465 e. The summed E-state index contributed by atoms with van der Waals surface area (Å²) in [6.07, 6.45) is 0.717. The molecule has 0 bridgehead atoms. The van der Waals surface area contributed by atoms with Crippen molar-refractivity contribution in [2.75, 3.05) is 25.4 Å². The molecular weight excluding hydrogens is 378 g/mol. The van der Waals surface area contributed by atoms with Crippen LogP contribution in [0.2, 0.25) is 0 Å². The van der Waals surface area contributed by atoms with Gasteiger partial charge in [-0.2, -0.15) is 0 Å². The summed E-state index contributed by atoms with van der Waals surface area (Å²) in [6, 6.07) is 7.16. The Balaban J connectivity index is 2.03. The first-order chi connectivity index (χ1) is 14.4. The number of thiophene rings is 1. The maximum absolute atomic E-state index is 12.4. The molecule has 0 aliphatic rings. The largest absolute Gasteiger partial charge is 0.465 e. The first-order valence-electron chi connectivity index (χ1n) is 10.1.